The van der Waals surface area contributed by atoms with E-state index in [1.165, 1.54) is 24.3 Å². The summed E-state index contributed by atoms with van der Waals surface area (Å²) < 4.78 is 0. The molecule has 4 aliphatic rings. The summed E-state index contributed by atoms with van der Waals surface area (Å²) in [5.74, 6) is -5.28. The number of hydrogen-bond donors (Lipinski definition) is 4. The van der Waals surface area contributed by atoms with E-state index in [-0.39, 0.29) is 44.5 Å². The van der Waals surface area contributed by atoms with Crippen molar-refractivity contribution in [3.05, 3.63) is 83.0 Å². The van der Waals surface area contributed by atoms with Gasteiger partial charge in [-0.1, -0.05) is 24.3 Å². The molecule has 2 aromatic carbocycles. The number of nitrogens with one attached hydrogen (secondary N) is 4. The summed E-state index contributed by atoms with van der Waals surface area (Å²) in [5.41, 5.74) is 1.75. The van der Waals surface area contributed by atoms with Crippen molar-refractivity contribution < 1.29 is 38.4 Å². The van der Waals surface area contributed by atoms with Gasteiger partial charge in [0.25, 0.3) is 47.3 Å². The zero-order valence-electron chi connectivity index (χ0n) is 20.0. The van der Waals surface area contributed by atoms with Crippen molar-refractivity contribution in [3.8, 4) is 11.1 Å². The van der Waals surface area contributed by atoms with Crippen molar-refractivity contribution in [1.82, 2.24) is 21.3 Å². The molecule has 2 aromatic rings. The summed E-state index contributed by atoms with van der Waals surface area (Å²) in [7, 11) is 0. The van der Waals surface area contributed by atoms with Crippen molar-refractivity contribution in [3.63, 3.8) is 0 Å². The highest BCUT2D eigenvalue weighted by molar-refractivity contribution is 6.39. The SMILES string of the molecule is O=C1C=C(c2ccc(-c3ccc(C4=CC(=O)NC4=O)c(C4=CC(=O)NC4=O)c3)cc2C2=CC(=O)NC2=O)C(=O)N1. The molecule has 12 heteroatoms. The monoisotopic (exact) mass is 534 g/mol. The number of hydrogen-bond acceptors (Lipinski definition) is 8. The second kappa shape index (κ2) is 8.77. The van der Waals surface area contributed by atoms with E-state index in [0.29, 0.717) is 11.1 Å². The lowest BCUT2D eigenvalue weighted by molar-refractivity contribution is -0.124. The van der Waals surface area contributed by atoms with Crippen LogP contribution in [0.3, 0.4) is 0 Å². The van der Waals surface area contributed by atoms with Crippen LogP contribution in [0, 0.1) is 0 Å². The smallest absolute Gasteiger partial charge is 0.258 e. The normalized spacial score (nSPS) is 18.3. The molecule has 4 N–H and O–H groups in total. The highest BCUT2D eigenvalue weighted by Gasteiger charge is 2.32. The van der Waals surface area contributed by atoms with Gasteiger partial charge in [-0.3, -0.25) is 59.6 Å². The first-order valence-electron chi connectivity index (χ1n) is 11.7. The predicted octanol–water partition coefficient (Wildman–Crippen LogP) is -0.487. The maximum absolute atomic E-state index is 12.5. The maximum atomic E-state index is 12.5. The van der Waals surface area contributed by atoms with Crippen LogP contribution in [0.15, 0.2) is 60.7 Å². The Labute approximate surface area is 223 Å². The van der Waals surface area contributed by atoms with E-state index in [1.807, 2.05) is 0 Å². The number of benzene rings is 2. The van der Waals surface area contributed by atoms with Crippen molar-refractivity contribution >= 4 is 69.5 Å². The van der Waals surface area contributed by atoms with Crippen LogP contribution in [0.4, 0.5) is 0 Å². The summed E-state index contributed by atoms with van der Waals surface area (Å²) in [6.45, 7) is 0. The zero-order chi connectivity index (χ0) is 28.3. The second-order valence-corrected chi connectivity index (χ2v) is 9.03. The fraction of sp³-hybridized carbons (Fsp3) is 0. The van der Waals surface area contributed by atoms with E-state index in [9.17, 15) is 38.4 Å². The zero-order valence-corrected chi connectivity index (χ0v) is 20.0. The molecule has 12 nitrogen and oxygen atoms in total. The summed E-state index contributed by atoms with van der Waals surface area (Å²) in [6, 6.07) is 9.29. The van der Waals surface area contributed by atoms with Crippen LogP contribution in [-0.4, -0.2) is 47.3 Å². The molecule has 0 aromatic heterocycles. The van der Waals surface area contributed by atoms with Crippen LogP contribution in [0.25, 0.3) is 33.4 Å². The summed E-state index contributed by atoms with van der Waals surface area (Å²) >= 11 is 0. The van der Waals surface area contributed by atoms with Gasteiger partial charge in [-0.15, -0.1) is 0 Å². The third-order valence-corrected chi connectivity index (χ3v) is 6.56. The van der Waals surface area contributed by atoms with Gasteiger partial charge in [0.2, 0.25) is 0 Å². The van der Waals surface area contributed by atoms with Gasteiger partial charge < -0.3 is 0 Å². The first kappa shape index (κ1) is 24.3. The molecule has 0 fully saturated rings. The Kier molecular flexibility index (Phi) is 5.33. The van der Waals surface area contributed by atoms with Crippen molar-refractivity contribution in [1.29, 1.82) is 0 Å². The molecule has 0 aliphatic carbocycles. The molecule has 4 heterocycles. The average molecular weight is 534 g/mol. The number of rotatable bonds is 5. The molecular formula is C28H14N4O8. The topological polar surface area (TPSA) is 185 Å². The van der Waals surface area contributed by atoms with E-state index in [0.717, 1.165) is 24.3 Å². The van der Waals surface area contributed by atoms with Gasteiger partial charge in [-0.25, -0.2) is 0 Å². The van der Waals surface area contributed by atoms with E-state index in [1.54, 1.807) is 12.1 Å². The van der Waals surface area contributed by atoms with Crippen LogP contribution in [0.2, 0.25) is 0 Å². The molecule has 8 amide bonds. The lowest BCUT2D eigenvalue weighted by Gasteiger charge is -2.15. The van der Waals surface area contributed by atoms with E-state index in [2.05, 4.69) is 21.3 Å². The fourth-order valence-corrected chi connectivity index (χ4v) is 4.81. The molecular weight excluding hydrogens is 520 g/mol. The fourth-order valence-electron chi connectivity index (χ4n) is 4.81. The molecule has 0 radical (unpaired) electrons. The van der Waals surface area contributed by atoms with E-state index in [4.69, 9.17) is 0 Å². The van der Waals surface area contributed by atoms with Gasteiger partial charge in [0.05, 0.1) is 22.3 Å². The van der Waals surface area contributed by atoms with Gasteiger partial charge in [0.1, 0.15) is 0 Å². The van der Waals surface area contributed by atoms with Crippen LogP contribution in [0.5, 0.6) is 0 Å². The molecule has 6 rings (SSSR count). The number of carbonyl (C=O) groups is 8. The van der Waals surface area contributed by atoms with Crippen molar-refractivity contribution in [2.45, 2.75) is 0 Å². The Morgan fingerprint density at radius 1 is 0.350 bits per heavy atom. The molecule has 0 saturated heterocycles. The number of imide groups is 4. The molecule has 0 saturated carbocycles. The predicted molar refractivity (Wildman–Crippen MR) is 136 cm³/mol. The molecule has 4 aliphatic heterocycles. The minimum Gasteiger partial charge on any atom is -0.289 e. The molecule has 0 atom stereocenters. The van der Waals surface area contributed by atoms with Gasteiger partial charge in [-0.2, -0.15) is 0 Å². The largest absolute Gasteiger partial charge is 0.289 e. The minimum absolute atomic E-state index is 0.00535. The molecule has 40 heavy (non-hydrogen) atoms. The Bertz CT molecular complexity index is 1710. The lowest BCUT2D eigenvalue weighted by atomic mass is 9.88. The Hall–Kier alpha value is -6.04. The Balaban J connectivity index is 1.54. The third-order valence-electron chi connectivity index (χ3n) is 6.56. The molecule has 0 unspecified atom stereocenters. The number of carbonyl (C=O) groups excluding carboxylic acids is 8. The summed E-state index contributed by atoms with van der Waals surface area (Å²) in [4.78, 5) is 97.3. The number of amides is 8. The van der Waals surface area contributed by atoms with Gasteiger partial charge in [-0.05, 0) is 45.5 Å². The summed E-state index contributed by atoms with van der Waals surface area (Å²) in [5, 5.41) is 8.59. The van der Waals surface area contributed by atoms with Crippen LogP contribution in [-0.2, 0) is 38.4 Å². The van der Waals surface area contributed by atoms with Crippen molar-refractivity contribution in [2.75, 3.05) is 0 Å². The van der Waals surface area contributed by atoms with Crippen LogP contribution in [0.1, 0.15) is 22.3 Å². The maximum Gasteiger partial charge on any atom is 0.258 e. The third kappa shape index (κ3) is 3.96. The van der Waals surface area contributed by atoms with E-state index >= 15 is 0 Å². The van der Waals surface area contributed by atoms with Gasteiger partial charge >= 0.3 is 0 Å². The van der Waals surface area contributed by atoms with E-state index < -0.39 is 47.3 Å². The first-order chi connectivity index (χ1) is 19.1. The Morgan fingerprint density at radius 2 is 0.625 bits per heavy atom. The second-order valence-electron chi connectivity index (χ2n) is 9.03. The van der Waals surface area contributed by atoms with Crippen LogP contribution >= 0.6 is 0 Å². The highest BCUT2D eigenvalue weighted by Crippen LogP contribution is 2.36. The molecule has 194 valence electrons. The molecule has 0 bridgehead atoms. The lowest BCUT2D eigenvalue weighted by Crippen LogP contribution is -2.23. The van der Waals surface area contributed by atoms with Gasteiger partial charge in [0.15, 0.2) is 0 Å². The van der Waals surface area contributed by atoms with Crippen molar-refractivity contribution in [2.24, 2.45) is 0 Å². The first-order valence-corrected chi connectivity index (χ1v) is 11.7. The highest BCUT2D eigenvalue weighted by atomic mass is 16.2. The minimum atomic E-state index is -0.695. The standard InChI is InChI=1S/C28H14N4O8/c33-21-7-17(25(37)29-21)13-3-1-11(5-15(13)19-9-23(35)31-27(19)39)12-2-4-14(18-8-22(34)30-26(18)38)16(6-12)20-10-24(36)32-28(20)40/h1-10H,(H,29,33,37)(H,30,34,38)(H,31,35,39)(H,32,36,40). The average Bonchev–Trinajstić information content (AvgIpc) is 3.63. The quantitative estimate of drug-likeness (QED) is 0.370. The molecule has 0 spiro atoms. The van der Waals surface area contributed by atoms with Gasteiger partial charge in [0, 0.05) is 24.3 Å². The summed E-state index contributed by atoms with van der Waals surface area (Å²) in [6.07, 6.45) is 4.34. The Morgan fingerprint density at radius 3 is 0.875 bits per heavy atom. The van der Waals surface area contributed by atoms with Crippen LogP contribution < -0.4 is 21.3 Å².